The molecule has 0 fully saturated rings. The Bertz CT molecular complexity index is 1780. The summed E-state index contributed by atoms with van der Waals surface area (Å²) in [4.78, 5) is 25.9. The van der Waals surface area contributed by atoms with Gasteiger partial charge in [0.15, 0.2) is 11.6 Å². The molecule has 1 amide bonds. The first-order chi connectivity index (χ1) is 20.0. The van der Waals surface area contributed by atoms with Gasteiger partial charge in [-0.25, -0.2) is 18.6 Å². The Kier molecular flexibility index (Phi) is 7.33. The number of pyridine rings is 1. The zero-order chi connectivity index (χ0) is 30.2. The molecule has 42 heavy (non-hydrogen) atoms. The van der Waals surface area contributed by atoms with Crippen molar-refractivity contribution in [3.8, 4) is 5.95 Å². The molecule has 15 heteroatoms. The molecule has 0 atom stereocenters. The van der Waals surface area contributed by atoms with Crippen LogP contribution >= 0.6 is 0 Å². The molecule has 2 aromatic carbocycles. The van der Waals surface area contributed by atoms with Crippen LogP contribution in [0.1, 0.15) is 22.4 Å². The van der Waals surface area contributed by atoms with Crippen molar-refractivity contribution >= 4 is 34.4 Å². The number of benzene rings is 2. The lowest BCUT2D eigenvalue weighted by Gasteiger charge is -2.25. The van der Waals surface area contributed by atoms with Gasteiger partial charge in [-0.1, -0.05) is 36.4 Å². The van der Waals surface area contributed by atoms with Gasteiger partial charge in [0.2, 0.25) is 0 Å². The predicted molar refractivity (Wildman–Crippen MR) is 142 cm³/mol. The molecule has 0 radical (unpaired) electrons. The van der Waals surface area contributed by atoms with E-state index in [4.69, 9.17) is 16.2 Å². The van der Waals surface area contributed by atoms with Gasteiger partial charge in [0, 0.05) is 12.5 Å². The summed E-state index contributed by atoms with van der Waals surface area (Å²) in [6.07, 6.45) is -4.82. The number of nitrogen functional groups attached to an aromatic ring is 2. The molecule has 0 aliphatic heterocycles. The second-order valence-corrected chi connectivity index (χ2v) is 9.00. The highest BCUT2D eigenvalue weighted by Gasteiger charge is 2.35. The number of ether oxygens (including phenoxy) is 1. The van der Waals surface area contributed by atoms with E-state index in [0.717, 1.165) is 35.0 Å². The molecule has 0 aliphatic rings. The predicted octanol–water partition coefficient (Wildman–Crippen LogP) is 5.04. The zero-order valence-electron chi connectivity index (χ0n) is 21.7. The molecule has 0 saturated carbocycles. The topological polar surface area (TPSA) is 138 Å². The lowest BCUT2D eigenvalue weighted by atomic mass is 10.1. The number of anilines is 3. The maximum Gasteiger partial charge on any atom is 0.416 e. The normalized spacial score (nSPS) is 11.6. The van der Waals surface area contributed by atoms with Crippen molar-refractivity contribution in [3.63, 3.8) is 0 Å². The average molecular weight is 585 g/mol. The molecule has 5 aromatic rings. The highest BCUT2D eigenvalue weighted by atomic mass is 19.4. The van der Waals surface area contributed by atoms with Gasteiger partial charge < -0.3 is 16.2 Å². The summed E-state index contributed by atoms with van der Waals surface area (Å²) in [7, 11) is 1.03. The van der Waals surface area contributed by atoms with E-state index in [9.17, 15) is 26.7 Å². The number of hydrogen-bond donors (Lipinski definition) is 2. The quantitative estimate of drug-likeness (QED) is 0.265. The first-order valence-corrected chi connectivity index (χ1v) is 12.2. The number of aromatic nitrogens is 5. The summed E-state index contributed by atoms with van der Waals surface area (Å²) in [6.45, 7) is -0.633. The zero-order valence-corrected chi connectivity index (χ0v) is 21.7. The first kappa shape index (κ1) is 28.2. The lowest BCUT2D eigenvalue weighted by Crippen LogP contribution is -2.33. The Balaban J connectivity index is 1.60. The molecule has 0 spiro atoms. The Labute approximate surface area is 234 Å². The second kappa shape index (κ2) is 10.9. The molecule has 0 aliphatic carbocycles. The SMILES string of the molecule is COC(=O)N(Cc1ccccc1C(F)(F)F)c1c(N)nc(-n2nc(Cc3ccccc3F)c3ncc(F)cc32)nc1N. The third-order valence-corrected chi connectivity index (χ3v) is 6.30. The Morgan fingerprint density at radius 3 is 2.29 bits per heavy atom. The Morgan fingerprint density at radius 2 is 1.64 bits per heavy atom. The van der Waals surface area contributed by atoms with Crippen molar-refractivity contribution in [3.05, 3.63) is 94.8 Å². The highest BCUT2D eigenvalue weighted by molar-refractivity contribution is 5.95. The molecule has 216 valence electrons. The number of nitrogens with zero attached hydrogens (tertiary/aromatic N) is 6. The standard InChI is InChI=1S/C27H21F5N8O2/c1-42-26(41)39(13-15-7-2-4-8-17(15)27(30,31)32)22-23(33)36-25(37-24(22)34)40-20-11-16(28)12-35-21(20)19(38-40)10-14-6-3-5-9-18(14)29/h2-9,11-12H,10,13H2,1H3,(H4,33,34,36,37). The smallest absolute Gasteiger partial charge is 0.416 e. The van der Waals surface area contributed by atoms with E-state index in [0.29, 0.717) is 5.56 Å². The van der Waals surface area contributed by atoms with Crippen molar-refractivity contribution in [1.29, 1.82) is 0 Å². The number of methoxy groups -OCH3 is 1. The van der Waals surface area contributed by atoms with Crippen LogP contribution in [-0.2, 0) is 23.9 Å². The van der Waals surface area contributed by atoms with E-state index in [1.54, 1.807) is 12.1 Å². The Morgan fingerprint density at radius 1 is 1.00 bits per heavy atom. The minimum absolute atomic E-state index is 0.00735. The van der Waals surface area contributed by atoms with Crippen LogP contribution in [0.25, 0.3) is 17.0 Å². The number of carbonyl (C=O) groups is 1. The number of fused-ring (bicyclic) bond motifs is 1. The van der Waals surface area contributed by atoms with Crippen LogP contribution in [0.15, 0.2) is 60.8 Å². The molecular formula is C27H21F5N8O2. The summed E-state index contributed by atoms with van der Waals surface area (Å²) in [6, 6.07) is 11.8. The number of amides is 1. The van der Waals surface area contributed by atoms with Gasteiger partial charge in [-0.2, -0.15) is 32.9 Å². The van der Waals surface area contributed by atoms with Crippen LogP contribution in [0.3, 0.4) is 0 Å². The fourth-order valence-corrected chi connectivity index (χ4v) is 4.43. The van der Waals surface area contributed by atoms with Gasteiger partial charge in [-0.05, 0) is 23.3 Å². The van der Waals surface area contributed by atoms with Gasteiger partial charge in [0.1, 0.15) is 22.8 Å². The number of carbonyl (C=O) groups excluding carboxylic acids is 1. The highest BCUT2D eigenvalue weighted by Crippen LogP contribution is 2.36. The maximum atomic E-state index is 14.4. The summed E-state index contributed by atoms with van der Waals surface area (Å²) >= 11 is 0. The monoisotopic (exact) mass is 584 g/mol. The van der Waals surface area contributed by atoms with Gasteiger partial charge in [0.05, 0.1) is 36.6 Å². The third-order valence-electron chi connectivity index (χ3n) is 6.30. The number of nitrogens with two attached hydrogens (primary N) is 2. The van der Waals surface area contributed by atoms with E-state index >= 15 is 0 Å². The van der Waals surface area contributed by atoms with Crippen molar-refractivity contribution < 1.29 is 31.5 Å². The summed E-state index contributed by atoms with van der Waals surface area (Å²) in [5.41, 5.74) is 11.7. The van der Waals surface area contributed by atoms with Gasteiger partial charge in [-0.3, -0.25) is 4.90 Å². The molecule has 0 saturated heterocycles. The number of alkyl halides is 3. The first-order valence-electron chi connectivity index (χ1n) is 12.2. The third kappa shape index (κ3) is 5.35. The lowest BCUT2D eigenvalue weighted by molar-refractivity contribution is -0.138. The van der Waals surface area contributed by atoms with Crippen molar-refractivity contribution in [2.45, 2.75) is 19.1 Å². The van der Waals surface area contributed by atoms with Crippen molar-refractivity contribution in [2.24, 2.45) is 0 Å². The molecule has 5 rings (SSSR count). The van der Waals surface area contributed by atoms with E-state index in [2.05, 4.69) is 20.1 Å². The minimum Gasteiger partial charge on any atom is -0.452 e. The van der Waals surface area contributed by atoms with Crippen molar-refractivity contribution in [2.75, 3.05) is 23.5 Å². The van der Waals surface area contributed by atoms with Gasteiger partial charge >= 0.3 is 12.3 Å². The number of hydrogen-bond acceptors (Lipinski definition) is 8. The van der Waals surface area contributed by atoms with Crippen LogP contribution < -0.4 is 16.4 Å². The number of halogens is 5. The average Bonchev–Trinajstić information content (AvgIpc) is 3.29. The van der Waals surface area contributed by atoms with Crippen LogP contribution in [-0.4, -0.2) is 37.9 Å². The molecular weight excluding hydrogens is 563 g/mol. The maximum absolute atomic E-state index is 14.4. The summed E-state index contributed by atoms with van der Waals surface area (Å²) < 4.78 is 75.3. The molecule has 0 unspecified atom stereocenters. The molecule has 0 bridgehead atoms. The van der Waals surface area contributed by atoms with Gasteiger partial charge in [0.25, 0.3) is 5.95 Å². The fourth-order valence-electron chi connectivity index (χ4n) is 4.43. The summed E-state index contributed by atoms with van der Waals surface area (Å²) in [5.74, 6) is -2.26. The van der Waals surface area contributed by atoms with Crippen LogP contribution in [0.5, 0.6) is 0 Å². The number of rotatable bonds is 6. The van der Waals surface area contributed by atoms with Crippen molar-refractivity contribution in [1.82, 2.24) is 24.7 Å². The second-order valence-electron chi connectivity index (χ2n) is 9.00. The van der Waals surface area contributed by atoms with Crippen LogP contribution in [0.4, 0.5) is 44.1 Å². The van der Waals surface area contributed by atoms with E-state index in [1.807, 2.05) is 0 Å². The largest absolute Gasteiger partial charge is 0.452 e. The fraction of sp³-hybridized carbons (Fsp3) is 0.148. The van der Waals surface area contributed by atoms with E-state index in [-0.39, 0.29) is 40.3 Å². The molecule has 3 aromatic heterocycles. The summed E-state index contributed by atoms with van der Waals surface area (Å²) in [5, 5.41) is 4.41. The van der Waals surface area contributed by atoms with Crippen LogP contribution in [0, 0.1) is 11.6 Å². The molecule has 4 N–H and O–H groups in total. The molecule has 3 heterocycles. The van der Waals surface area contributed by atoms with E-state index < -0.39 is 47.6 Å². The van der Waals surface area contributed by atoms with E-state index in [1.165, 1.54) is 30.3 Å². The minimum atomic E-state index is -4.71. The van der Waals surface area contributed by atoms with Gasteiger partial charge in [-0.15, -0.1) is 0 Å². The Hall–Kier alpha value is -5.34. The molecule has 10 nitrogen and oxygen atoms in total. The van der Waals surface area contributed by atoms with Crippen LogP contribution in [0.2, 0.25) is 0 Å².